The summed E-state index contributed by atoms with van der Waals surface area (Å²) in [6.45, 7) is 3.82. The molecule has 0 unspecified atom stereocenters. The molecule has 0 atom stereocenters. The lowest BCUT2D eigenvalue weighted by Crippen LogP contribution is -2.26. The largest absolute Gasteiger partial charge is 0.311 e. The van der Waals surface area contributed by atoms with Gasteiger partial charge in [-0.1, -0.05) is 12.1 Å². The molecule has 0 amide bonds. The van der Waals surface area contributed by atoms with Crippen LogP contribution in [0.4, 0.5) is 4.39 Å². The first kappa shape index (κ1) is 13.5. The van der Waals surface area contributed by atoms with Crippen molar-refractivity contribution in [3.8, 4) is 0 Å². The molecular formula is C15H16FN3S. The topological polar surface area (TPSA) is 37.8 Å². The van der Waals surface area contributed by atoms with Crippen molar-refractivity contribution >= 4 is 11.8 Å². The highest BCUT2D eigenvalue weighted by molar-refractivity contribution is 7.98. The van der Waals surface area contributed by atoms with Gasteiger partial charge in [-0.25, -0.2) is 14.4 Å². The molecule has 2 heterocycles. The van der Waals surface area contributed by atoms with Gasteiger partial charge >= 0.3 is 0 Å². The third-order valence-corrected chi connectivity index (χ3v) is 4.43. The molecule has 0 saturated carbocycles. The molecule has 1 aliphatic rings. The monoisotopic (exact) mass is 289 g/mol. The lowest BCUT2D eigenvalue weighted by Gasteiger charge is -2.18. The van der Waals surface area contributed by atoms with Crippen LogP contribution < -0.4 is 5.32 Å². The van der Waals surface area contributed by atoms with Gasteiger partial charge in [0, 0.05) is 17.1 Å². The van der Waals surface area contributed by atoms with Crippen molar-refractivity contribution in [2.45, 2.75) is 30.5 Å². The Hall–Kier alpha value is -1.46. The average molecular weight is 289 g/mol. The maximum Gasteiger partial charge on any atom is 0.139 e. The van der Waals surface area contributed by atoms with Gasteiger partial charge in [0.2, 0.25) is 0 Å². The Morgan fingerprint density at radius 3 is 3.00 bits per heavy atom. The first-order valence-corrected chi connectivity index (χ1v) is 7.66. The van der Waals surface area contributed by atoms with Crippen molar-refractivity contribution in [1.82, 2.24) is 15.3 Å². The fraction of sp³-hybridized carbons (Fsp3) is 0.333. The third-order valence-electron chi connectivity index (χ3n) is 3.38. The third kappa shape index (κ3) is 2.83. The quantitative estimate of drug-likeness (QED) is 0.882. The lowest BCUT2D eigenvalue weighted by atomic mass is 10.1. The molecule has 104 valence electrons. The predicted octanol–water partition coefficient (Wildman–Crippen LogP) is 2.86. The van der Waals surface area contributed by atoms with Crippen molar-refractivity contribution in [2.75, 3.05) is 6.54 Å². The summed E-state index contributed by atoms with van der Waals surface area (Å²) < 4.78 is 13.6. The minimum absolute atomic E-state index is 0.186. The normalized spacial score (nSPS) is 14.1. The molecule has 0 bridgehead atoms. The van der Waals surface area contributed by atoms with Gasteiger partial charge in [0.05, 0.1) is 11.4 Å². The molecule has 3 nitrogen and oxygen atoms in total. The molecule has 3 rings (SSSR count). The second-order valence-corrected chi connectivity index (χ2v) is 5.81. The molecule has 20 heavy (non-hydrogen) atoms. The highest BCUT2D eigenvalue weighted by Gasteiger charge is 2.15. The number of hydrogen-bond acceptors (Lipinski definition) is 4. The van der Waals surface area contributed by atoms with Crippen LogP contribution in [-0.4, -0.2) is 16.5 Å². The van der Waals surface area contributed by atoms with Crippen LogP contribution >= 0.6 is 11.8 Å². The van der Waals surface area contributed by atoms with Crippen LogP contribution in [0.15, 0.2) is 29.2 Å². The second kappa shape index (κ2) is 5.89. The Morgan fingerprint density at radius 1 is 1.30 bits per heavy atom. The molecule has 0 aliphatic carbocycles. The molecule has 0 spiro atoms. The van der Waals surface area contributed by atoms with E-state index in [2.05, 4.69) is 15.3 Å². The van der Waals surface area contributed by atoms with E-state index >= 15 is 0 Å². The number of nitrogens with zero attached hydrogens (tertiary/aromatic N) is 2. The van der Waals surface area contributed by atoms with Crippen LogP contribution in [0.1, 0.15) is 22.8 Å². The minimum Gasteiger partial charge on any atom is -0.311 e. The van der Waals surface area contributed by atoms with Crippen molar-refractivity contribution in [3.63, 3.8) is 0 Å². The fourth-order valence-electron chi connectivity index (χ4n) is 2.38. The number of thioether (sulfide) groups is 1. The SMILES string of the molecule is Cc1nc(CSc2ccccc2F)nc2c1CCNC2. The van der Waals surface area contributed by atoms with Crippen LogP contribution in [0.5, 0.6) is 0 Å². The van der Waals surface area contributed by atoms with Crippen LogP contribution in [0.2, 0.25) is 0 Å². The van der Waals surface area contributed by atoms with E-state index in [0.29, 0.717) is 10.6 Å². The summed E-state index contributed by atoms with van der Waals surface area (Å²) in [7, 11) is 0. The van der Waals surface area contributed by atoms with Gasteiger partial charge in [-0.2, -0.15) is 0 Å². The first-order valence-electron chi connectivity index (χ1n) is 6.67. The van der Waals surface area contributed by atoms with Crippen LogP contribution in [0.3, 0.4) is 0 Å². The zero-order valence-electron chi connectivity index (χ0n) is 11.3. The smallest absolute Gasteiger partial charge is 0.139 e. The van der Waals surface area contributed by atoms with Gasteiger partial charge in [-0.15, -0.1) is 11.8 Å². The van der Waals surface area contributed by atoms with Gasteiger partial charge < -0.3 is 5.32 Å². The van der Waals surface area contributed by atoms with Gasteiger partial charge in [-0.3, -0.25) is 0 Å². The molecule has 0 radical (unpaired) electrons. The Kier molecular flexibility index (Phi) is 3.98. The van der Waals surface area contributed by atoms with Crippen molar-refractivity contribution in [1.29, 1.82) is 0 Å². The number of aromatic nitrogens is 2. The molecule has 1 aliphatic heterocycles. The Bertz CT molecular complexity index is 631. The van der Waals surface area contributed by atoms with E-state index in [1.807, 2.05) is 13.0 Å². The summed E-state index contributed by atoms with van der Waals surface area (Å²) in [5.74, 6) is 1.18. The molecule has 1 aromatic heterocycles. The van der Waals surface area contributed by atoms with E-state index in [0.717, 1.165) is 36.7 Å². The number of fused-ring (bicyclic) bond motifs is 1. The highest BCUT2D eigenvalue weighted by Crippen LogP contribution is 2.25. The molecule has 2 aromatic rings. The summed E-state index contributed by atoms with van der Waals surface area (Å²) >= 11 is 1.44. The predicted molar refractivity (Wildman–Crippen MR) is 78.1 cm³/mol. The Balaban J connectivity index is 1.78. The van der Waals surface area contributed by atoms with E-state index in [9.17, 15) is 4.39 Å². The zero-order valence-corrected chi connectivity index (χ0v) is 12.1. The summed E-state index contributed by atoms with van der Waals surface area (Å²) in [6, 6.07) is 6.80. The van der Waals surface area contributed by atoms with E-state index in [1.165, 1.54) is 23.4 Å². The van der Waals surface area contributed by atoms with Crippen molar-refractivity contribution in [2.24, 2.45) is 0 Å². The lowest BCUT2D eigenvalue weighted by molar-refractivity contribution is 0.601. The standard InChI is InChI=1S/C15H16FN3S/c1-10-11-6-7-17-8-13(11)19-15(18-10)9-20-14-5-3-2-4-12(14)16/h2-5,17H,6-9H2,1H3. The average Bonchev–Trinajstić information content (AvgIpc) is 2.46. The molecule has 1 N–H and O–H groups in total. The van der Waals surface area contributed by atoms with Crippen LogP contribution in [0, 0.1) is 12.7 Å². The van der Waals surface area contributed by atoms with Crippen molar-refractivity contribution in [3.05, 3.63) is 52.9 Å². The maximum atomic E-state index is 13.6. The van der Waals surface area contributed by atoms with Crippen molar-refractivity contribution < 1.29 is 4.39 Å². The summed E-state index contributed by atoms with van der Waals surface area (Å²) in [4.78, 5) is 9.79. The number of nitrogens with one attached hydrogen (secondary N) is 1. The molecule has 0 saturated heterocycles. The summed E-state index contributed by atoms with van der Waals surface area (Å²) in [6.07, 6.45) is 0.988. The number of hydrogen-bond donors (Lipinski definition) is 1. The molecule has 5 heteroatoms. The fourth-order valence-corrected chi connectivity index (χ4v) is 3.17. The summed E-state index contributed by atoms with van der Waals surface area (Å²) in [5.41, 5.74) is 3.41. The van der Waals surface area contributed by atoms with Gasteiger partial charge in [-0.05, 0) is 37.6 Å². The van der Waals surface area contributed by atoms with Gasteiger partial charge in [0.1, 0.15) is 11.6 Å². The minimum atomic E-state index is -0.186. The molecule has 1 aromatic carbocycles. The molecule has 0 fully saturated rings. The Labute approximate surface area is 122 Å². The van der Waals surface area contributed by atoms with Gasteiger partial charge in [0.25, 0.3) is 0 Å². The second-order valence-electron chi connectivity index (χ2n) is 4.80. The molecular weight excluding hydrogens is 273 g/mol. The number of benzene rings is 1. The van der Waals surface area contributed by atoms with E-state index in [-0.39, 0.29) is 5.82 Å². The number of rotatable bonds is 3. The zero-order chi connectivity index (χ0) is 13.9. The van der Waals surface area contributed by atoms with Crippen LogP contribution in [-0.2, 0) is 18.7 Å². The van der Waals surface area contributed by atoms with E-state index in [4.69, 9.17) is 0 Å². The number of aryl methyl sites for hydroxylation is 1. The Morgan fingerprint density at radius 2 is 2.15 bits per heavy atom. The highest BCUT2D eigenvalue weighted by atomic mass is 32.2. The van der Waals surface area contributed by atoms with Gasteiger partial charge in [0.15, 0.2) is 0 Å². The number of halogens is 1. The van der Waals surface area contributed by atoms with E-state index in [1.54, 1.807) is 12.1 Å². The van der Waals surface area contributed by atoms with E-state index < -0.39 is 0 Å². The maximum absolute atomic E-state index is 13.6. The first-order chi connectivity index (χ1) is 9.74. The summed E-state index contributed by atoms with van der Waals surface area (Å²) in [5, 5.41) is 3.32. The van der Waals surface area contributed by atoms with Crippen LogP contribution in [0.25, 0.3) is 0 Å².